The zero-order chi connectivity index (χ0) is 17.8. The molecule has 0 saturated carbocycles. The van der Waals surface area contributed by atoms with Gasteiger partial charge in [0.1, 0.15) is 5.75 Å². The van der Waals surface area contributed by atoms with Crippen LogP contribution in [-0.2, 0) is 6.54 Å². The number of piperazine rings is 1. The summed E-state index contributed by atoms with van der Waals surface area (Å²) in [7, 11) is 1.72. The van der Waals surface area contributed by atoms with Crippen molar-refractivity contribution in [3.05, 3.63) is 46.7 Å². The van der Waals surface area contributed by atoms with Crippen LogP contribution in [0.1, 0.15) is 18.4 Å². The monoisotopic (exact) mass is 371 g/mol. The number of hydrogen-bond donors (Lipinski definition) is 0. The molecule has 4 rings (SSSR count). The van der Waals surface area contributed by atoms with Crippen molar-refractivity contribution in [1.82, 2.24) is 9.80 Å². The summed E-state index contributed by atoms with van der Waals surface area (Å²) in [5, 5.41) is 4.48. The first-order valence-corrected chi connectivity index (χ1v) is 10.6. The molecule has 2 aliphatic heterocycles. The van der Waals surface area contributed by atoms with Gasteiger partial charge in [-0.15, -0.1) is 0 Å². The molecule has 2 aliphatic rings. The van der Waals surface area contributed by atoms with E-state index in [0.29, 0.717) is 0 Å². The van der Waals surface area contributed by atoms with Crippen LogP contribution in [0.2, 0.25) is 0 Å². The van der Waals surface area contributed by atoms with Crippen molar-refractivity contribution >= 4 is 17.0 Å². The van der Waals surface area contributed by atoms with Crippen LogP contribution in [0, 0.1) is 0 Å². The minimum atomic E-state index is 0.723. The van der Waals surface area contributed by atoms with E-state index < -0.39 is 0 Å². The molecule has 0 N–H and O–H groups in total. The molecule has 1 aromatic carbocycles. The molecular formula is C21H29N3OS. The zero-order valence-electron chi connectivity index (χ0n) is 15.6. The van der Waals surface area contributed by atoms with Gasteiger partial charge in [-0.2, -0.15) is 11.3 Å². The van der Waals surface area contributed by atoms with E-state index in [1.165, 1.54) is 50.3 Å². The number of nitrogens with zero attached hydrogens (tertiary/aromatic N) is 3. The lowest BCUT2D eigenvalue weighted by atomic mass is 10.0. The highest BCUT2D eigenvalue weighted by atomic mass is 32.1. The normalized spacial score (nSPS) is 22.5. The average Bonchev–Trinajstić information content (AvgIpc) is 3.21. The molecule has 2 fully saturated rings. The Labute approximate surface area is 161 Å². The van der Waals surface area contributed by atoms with Gasteiger partial charge < -0.3 is 9.64 Å². The van der Waals surface area contributed by atoms with Gasteiger partial charge in [-0.1, -0.05) is 0 Å². The lowest BCUT2D eigenvalue weighted by molar-refractivity contribution is 0.0888. The first kappa shape index (κ1) is 17.8. The molecule has 4 nitrogen and oxygen atoms in total. The van der Waals surface area contributed by atoms with Gasteiger partial charge in [-0.05, 0) is 66.0 Å². The quantitative estimate of drug-likeness (QED) is 0.800. The highest BCUT2D eigenvalue weighted by Gasteiger charge is 2.28. The number of methoxy groups -OCH3 is 1. The van der Waals surface area contributed by atoms with Gasteiger partial charge in [-0.3, -0.25) is 9.80 Å². The van der Waals surface area contributed by atoms with Crippen molar-refractivity contribution in [1.29, 1.82) is 0 Å². The summed E-state index contributed by atoms with van der Waals surface area (Å²) in [6.45, 7) is 8.16. The fourth-order valence-electron chi connectivity index (χ4n) is 4.25. The Bertz CT molecular complexity index is 665. The Kier molecular flexibility index (Phi) is 5.78. The minimum absolute atomic E-state index is 0.723. The van der Waals surface area contributed by atoms with Crippen molar-refractivity contribution in [2.24, 2.45) is 0 Å². The molecule has 5 heteroatoms. The first-order chi connectivity index (χ1) is 12.8. The van der Waals surface area contributed by atoms with Gasteiger partial charge in [0, 0.05) is 51.0 Å². The van der Waals surface area contributed by atoms with Gasteiger partial charge in [-0.25, -0.2) is 0 Å². The number of ether oxygens (including phenoxy) is 1. The Morgan fingerprint density at radius 1 is 1.04 bits per heavy atom. The van der Waals surface area contributed by atoms with E-state index in [2.05, 4.69) is 55.8 Å². The van der Waals surface area contributed by atoms with E-state index in [1.807, 2.05) is 0 Å². The van der Waals surface area contributed by atoms with Gasteiger partial charge in [0.05, 0.1) is 7.11 Å². The van der Waals surface area contributed by atoms with Crippen LogP contribution in [0.15, 0.2) is 41.1 Å². The second-order valence-electron chi connectivity index (χ2n) is 7.38. The third-order valence-electron chi connectivity index (χ3n) is 5.74. The van der Waals surface area contributed by atoms with Crippen molar-refractivity contribution < 1.29 is 4.74 Å². The van der Waals surface area contributed by atoms with E-state index in [9.17, 15) is 0 Å². The fourth-order valence-corrected chi connectivity index (χ4v) is 4.91. The topological polar surface area (TPSA) is 19.0 Å². The van der Waals surface area contributed by atoms with Crippen LogP contribution in [-0.4, -0.2) is 62.2 Å². The van der Waals surface area contributed by atoms with Gasteiger partial charge in [0.25, 0.3) is 0 Å². The number of rotatable bonds is 5. The van der Waals surface area contributed by atoms with Crippen molar-refractivity contribution in [2.75, 3.05) is 51.3 Å². The summed E-state index contributed by atoms with van der Waals surface area (Å²) in [4.78, 5) is 7.87. The van der Waals surface area contributed by atoms with Crippen LogP contribution in [0.5, 0.6) is 5.75 Å². The minimum Gasteiger partial charge on any atom is -0.497 e. The van der Waals surface area contributed by atoms with Crippen molar-refractivity contribution in [2.45, 2.75) is 25.4 Å². The van der Waals surface area contributed by atoms with Gasteiger partial charge in [0.15, 0.2) is 0 Å². The predicted octanol–water partition coefficient (Wildman–Crippen LogP) is 3.54. The van der Waals surface area contributed by atoms with E-state index in [-0.39, 0.29) is 0 Å². The van der Waals surface area contributed by atoms with E-state index in [0.717, 1.165) is 31.4 Å². The Morgan fingerprint density at radius 2 is 1.85 bits per heavy atom. The molecule has 2 saturated heterocycles. The fraction of sp³-hybridized carbons (Fsp3) is 0.524. The maximum absolute atomic E-state index is 5.27. The molecular weight excluding hydrogens is 342 g/mol. The van der Waals surface area contributed by atoms with Crippen molar-refractivity contribution in [3.63, 3.8) is 0 Å². The maximum atomic E-state index is 5.27. The highest BCUT2D eigenvalue weighted by Crippen LogP contribution is 2.23. The number of benzene rings is 1. The lowest BCUT2D eigenvalue weighted by Crippen LogP contribution is -2.55. The summed E-state index contributed by atoms with van der Waals surface area (Å²) in [6, 6.07) is 11.5. The number of thiophene rings is 1. The largest absolute Gasteiger partial charge is 0.497 e. The van der Waals surface area contributed by atoms with E-state index in [4.69, 9.17) is 4.74 Å². The highest BCUT2D eigenvalue weighted by molar-refractivity contribution is 7.07. The molecule has 0 spiro atoms. The third-order valence-corrected chi connectivity index (χ3v) is 6.47. The molecule has 2 aromatic rings. The first-order valence-electron chi connectivity index (χ1n) is 9.68. The Balaban J connectivity index is 1.29. The smallest absolute Gasteiger partial charge is 0.119 e. The van der Waals surface area contributed by atoms with Crippen LogP contribution in [0.3, 0.4) is 0 Å². The van der Waals surface area contributed by atoms with E-state index >= 15 is 0 Å². The summed E-state index contributed by atoms with van der Waals surface area (Å²) < 4.78 is 5.27. The Morgan fingerprint density at radius 3 is 2.54 bits per heavy atom. The maximum Gasteiger partial charge on any atom is 0.119 e. The summed E-state index contributed by atoms with van der Waals surface area (Å²) in [5.74, 6) is 0.931. The summed E-state index contributed by atoms with van der Waals surface area (Å²) in [6.07, 6.45) is 2.68. The number of hydrogen-bond acceptors (Lipinski definition) is 5. The number of likely N-dealkylation sites (tertiary alicyclic amines) is 1. The van der Waals surface area contributed by atoms with Gasteiger partial charge in [0.2, 0.25) is 0 Å². The number of piperidine rings is 1. The van der Waals surface area contributed by atoms with Gasteiger partial charge >= 0.3 is 0 Å². The second kappa shape index (κ2) is 8.42. The molecule has 1 aromatic heterocycles. The molecule has 0 unspecified atom stereocenters. The number of anilines is 1. The van der Waals surface area contributed by atoms with Crippen LogP contribution in [0.25, 0.3) is 0 Å². The molecule has 1 atom stereocenters. The third kappa shape index (κ3) is 4.22. The van der Waals surface area contributed by atoms with Crippen LogP contribution in [0.4, 0.5) is 5.69 Å². The predicted molar refractivity (Wildman–Crippen MR) is 109 cm³/mol. The average molecular weight is 372 g/mol. The summed E-state index contributed by atoms with van der Waals surface area (Å²) >= 11 is 1.81. The molecule has 0 radical (unpaired) electrons. The lowest BCUT2D eigenvalue weighted by Gasteiger charge is -2.44. The molecule has 3 heterocycles. The zero-order valence-corrected chi connectivity index (χ0v) is 16.5. The molecule has 0 bridgehead atoms. The molecule has 140 valence electrons. The second-order valence-corrected chi connectivity index (χ2v) is 8.16. The molecule has 0 aliphatic carbocycles. The molecule has 0 amide bonds. The van der Waals surface area contributed by atoms with Crippen molar-refractivity contribution in [3.8, 4) is 5.75 Å². The molecule has 26 heavy (non-hydrogen) atoms. The Hall–Kier alpha value is -1.56. The summed E-state index contributed by atoms with van der Waals surface area (Å²) in [5.41, 5.74) is 2.79. The standard InChI is InChI=1S/C21H29N3OS/c1-25-21-6-4-19(5-7-21)23-10-12-24(13-11-23)20-3-2-9-22(16-20)15-18-8-14-26-17-18/h4-8,14,17,20H,2-3,9-13,15-16H2,1H3/t20-/m1/s1. The van der Waals surface area contributed by atoms with E-state index in [1.54, 1.807) is 18.4 Å². The van der Waals surface area contributed by atoms with Crippen LogP contribution < -0.4 is 9.64 Å². The SMILES string of the molecule is COc1ccc(N2CCN([C@@H]3CCCN(Cc4ccsc4)C3)CC2)cc1. The van der Waals surface area contributed by atoms with Crippen LogP contribution >= 0.6 is 11.3 Å².